The van der Waals surface area contributed by atoms with Gasteiger partial charge in [0.25, 0.3) is 0 Å². The lowest BCUT2D eigenvalue weighted by atomic mass is 10.2. The van der Waals surface area contributed by atoms with E-state index in [2.05, 4.69) is 27.9 Å². The highest BCUT2D eigenvalue weighted by molar-refractivity contribution is 6.06. The van der Waals surface area contributed by atoms with Crippen LogP contribution in [-0.2, 0) is 29.0 Å². The van der Waals surface area contributed by atoms with Crippen molar-refractivity contribution in [2.45, 2.75) is 65.6 Å². The van der Waals surface area contributed by atoms with Crippen LogP contribution in [0.1, 0.15) is 51.4 Å². The summed E-state index contributed by atoms with van der Waals surface area (Å²) in [5.74, 6) is 1.85. The second kappa shape index (κ2) is 12.5. The van der Waals surface area contributed by atoms with Gasteiger partial charge < -0.3 is 25.1 Å². The number of hydrogen-bond donors (Lipinski definition) is 2. The molecule has 0 bridgehead atoms. The van der Waals surface area contributed by atoms with Crippen LogP contribution in [0.4, 0.5) is 5.82 Å². The molecule has 0 atom stereocenters. The fourth-order valence-electron chi connectivity index (χ4n) is 4.45. The maximum Gasteiger partial charge on any atom is 0.344 e. The predicted octanol–water partition coefficient (Wildman–Crippen LogP) is 5.02. The van der Waals surface area contributed by atoms with E-state index in [0.29, 0.717) is 18.1 Å². The fraction of sp³-hybridized carbons (Fsp3) is 0.414. The van der Waals surface area contributed by atoms with E-state index in [1.165, 1.54) is 0 Å². The van der Waals surface area contributed by atoms with Gasteiger partial charge in [-0.3, -0.25) is 0 Å². The second-order valence-electron chi connectivity index (χ2n) is 9.50. The number of esters is 1. The van der Waals surface area contributed by atoms with Crippen molar-refractivity contribution < 1.29 is 14.3 Å². The minimum Gasteiger partial charge on any atom is -0.482 e. The summed E-state index contributed by atoms with van der Waals surface area (Å²) in [5.41, 5.74) is 10.2. The highest BCUT2D eigenvalue weighted by Gasteiger charge is 2.16. The Morgan fingerprint density at radius 3 is 2.76 bits per heavy atom. The lowest BCUT2D eigenvalue weighted by Crippen LogP contribution is -2.19. The summed E-state index contributed by atoms with van der Waals surface area (Å²) in [6.07, 6.45) is 3.91. The highest BCUT2D eigenvalue weighted by Crippen LogP contribution is 2.29. The fourth-order valence-corrected chi connectivity index (χ4v) is 4.45. The first-order chi connectivity index (χ1) is 18.0. The van der Waals surface area contributed by atoms with Crippen molar-refractivity contribution in [3.05, 3.63) is 59.9 Å². The first kappa shape index (κ1) is 26.4. The number of hydrogen-bond acceptors (Lipinski definition) is 7. The Labute approximate surface area is 218 Å². The number of nitrogen functional groups attached to an aromatic ring is 1. The third kappa shape index (κ3) is 6.77. The summed E-state index contributed by atoms with van der Waals surface area (Å²) < 4.78 is 13.0. The Bertz CT molecular complexity index is 1350. The van der Waals surface area contributed by atoms with Gasteiger partial charge in [-0.25, -0.2) is 14.8 Å². The molecule has 2 heterocycles. The van der Waals surface area contributed by atoms with Crippen molar-refractivity contribution in [3.63, 3.8) is 0 Å². The summed E-state index contributed by atoms with van der Waals surface area (Å²) in [6.45, 7) is 8.14. The largest absolute Gasteiger partial charge is 0.482 e. The monoisotopic (exact) mass is 503 g/mol. The molecule has 0 saturated carbocycles. The summed E-state index contributed by atoms with van der Waals surface area (Å²) >= 11 is 0. The number of para-hydroxylation sites is 1. The van der Waals surface area contributed by atoms with Crippen LogP contribution in [0.5, 0.6) is 5.75 Å². The molecule has 0 fully saturated rings. The molecule has 3 N–H and O–H groups in total. The molecule has 0 saturated heterocycles. The molecule has 8 heteroatoms. The summed E-state index contributed by atoms with van der Waals surface area (Å²) in [6, 6.07) is 15.9. The van der Waals surface area contributed by atoms with E-state index < -0.39 is 0 Å². The number of nitrogens with one attached hydrogen (secondary N) is 1. The minimum absolute atomic E-state index is 0.0942. The predicted molar refractivity (Wildman–Crippen MR) is 148 cm³/mol. The Morgan fingerprint density at radius 1 is 1.11 bits per heavy atom. The lowest BCUT2D eigenvalue weighted by Gasteiger charge is -2.12. The molecule has 0 unspecified atom stereocenters. The Kier molecular flexibility index (Phi) is 8.95. The van der Waals surface area contributed by atoms with Crippen molar-refractivity contribution in [3.8, 4) is 5.75 Å². The number of aromatic nitrogens is 3. The molecule has 0 aliphatic carbocycles. The zero-order valence-electron chi connectivity index (χ0n) is 22.0. The average Bonchev–Trinajstić information content (AvgIpc) is 3.25. The Balaban J connectivity index is 1.38. The van der Waals surface area contributed by atoms with Crippen LogP contribution in [-0.4, -0.2) is 39.8 Å². The summed E-state index contributed by atoms with van der Waals surface area (Å²) in [5, 5.41) is 4.61. The quantitative estimate of drug-likeness (QED) is 0.195. The van der Waals surface area contributed by atoms with Gasteiger partial charge in [-0.2, -0.15) is 0 Å². The Hall–Kier alpha value is -3.65. The number of unbranched alkanes of at least 4 members (excludes halogenated alkanes) is 1. The number of pyridine rings is 1. The average molecular weight is 504 g/mol. The summed E-state index contributed by atoms with van der Waals surface area (Å²) in [7, 11) is 0. The van der Waals surface area contributed by atoms with Crippen LogP contribution in [0.2, 0.25) is 0 Å². The van der Waals surface area contributed by atoms with E-state index in [1.54, 1.807) is 0 Å². The van der Waals surface area contributed by atoms with Crippen molar-refractivity contribution in [2.75, 3.05) is 18.9 Å². The highest BCUT2D eigenvalue weighted by atomic mass is 16.6. The van der Waals surface area contributed by atoms with Crippen LogP contribution in [0.3, 0.4) is 0 Å². The molecule has 37 heavy (non-hydrogen) atoms. The van der Waals surface area contributed by atoms with E-state index in [0.717, 1.165) is 72.1 Å². The number of carbonyl (C=O) groups excluding carboxylic acids is 1. The van der Waals surface area contributed by atoms with Crippen molar-refractivity contribution in [1.82, 2.24) is 19.9 Å². The van der Waals surface area contributed by atoms with E-state index in [1.807, 2.05) is 56.3 Å². The SMILES string of the molecule is CCCCc1nc2c(N)nc3ccccc3c2n1CCCNCc1cccc(OCC(=O)OC(C)C)c1. The number of benzene rings is 2. The van der Waals surface area contributed by atoms with Gasteiger partial charge >= 0.3 is 5.97 Å². The minimum atomic E-state index is -0.367. The van der Waals surface area contributed by atoms with Crippen LogP contribution < -0.4 is 15.8 Å². The van der Waals surface area contributed by atoms with Gasteiger partial charge in [-0.05, 0) is 57.0 Å². The first-order valence-electron chi connectivity index (χ1n) is 13.1. The van der Waals surface area contributed by atoms with E-state index >= 15 is 0 Å². The molecule has 0 aliphatic rings. The molecule has 2 aromatic heterocycles. The van der Waals surface area contributed by atoms with Gasteiger partial charge in [-0.1, -0.05) is 43.7 Å². The Morgan fingerprint density at radius 2 is 1.95 bits per heavy atom. The number of carbonyl (C=O) groups is 1. The van der Waals surface area contributed by atoms with E-state index in [4.69, 9.17) is 20.2 Å². The van der Waals surface area contributed by atoms with Gasteiger partial charge in [-0.15, -0.1) is 0 Å². The number of aryl methyl sites for hydroxylation is 2. The number of nitrogens with zero attached hydrogens (tertiary/aromatic N) is 3. The van der Waals surface area contributed by atoms with Gasteiger partial charge in [0.15, 0.2) is 12.4 Å². The van der Waals surface area contributed by atoms with Crippen molar-refractivity contribution in [1.29, 1.82) is 0 Å². The number of imidazole rings is 1. The number of rotatable bonds is 13. The van der Waals surface area contributed by atoms with Gasteiger partial charge in [0.05, 0.1) is 17.1 Å². The number of ether oxygens (including phenoxy) is 2. The van der Waals surface area contributed by atoms with Crippen LogP contribution in [0.25, 0.3) is 21.9 Å². The number of fused-ring (bicyclic) bond motifs is 3. The maximum atomic E-state index is 11.7. The van der Waals surface area contributed by atoms with Crippen LogP contribution in [0.15, 0.2) is 48.5 Å². The molecule has 0 spiro atoms. The van der Waals surface area contributed by atoms with Gasteiger partial charge in [0, 0.05) is 24.9 Å². The third-order valence-corrected chi connectivity index (χ3v) is 6.13. The molecular formula is C29H37N5O3. The van der Waals surface area contributed by atoms with Crippen LogP contribution >= 0.6 is 0 Å². The number of anilines is 1. The number of nitrogens with two attached hydrogens (primary N) is 1. The molecule has 0 radical (unpaired) electrons. The maximum absolute atomic E-state index is 11.7. The van der Waals surface area contributed by atoms with E-state index in [-0.39, 0.29) is 18.7 Å². The molecule has 196 valence electrons. The first-order valence-corrected chi connectivity index (χ1v) is 13.1. The topological polar surface area (TPSA) is 104 Å². The molecule has 0 aliphatic heterocycles. The lowest BCUT2D eigenvalue weighted by molar-refractivity contribution is -0.149. The van der Waals surface area contributed by atoms with Gasteiger partial charge in [0.1, 0.15) is 17.1 Å². The summed E-state index contributed by atoms with van der Waals surface area (Å²) in [4.78, 5) is 21.2. The van der Waals surface area contributed by atoms with E-state index in [9.17, 15) is 4.79 Å². The third-order valence-electron chi connectivity index (χ3n) is 6.13. The molecular weight excluding hydrogens is 466 g/mol. The second-order valence-corrected chi connectivity index (χ2v) is 9.50. The zero-order chi connectivity index (χ0) is 26.2. The normalized spacial score (nSPS) is 11.5. The zero-order valence-corrected chi connectivity index (χ0v) is 22.0. The van der Waals surface area contributed by atoms with Crippen LogP contribution in [0, 0.1) is 0 Å². The molecule has 0 amide bonds. The molecule has 2 aromatic carbocycles. The molecule has 4 rings (SSSR count). The molecule has 4 aromatic rings. The van der Waals surface area contributed by atoms with Crippen molar-refractivity contribution in [2.24, 2.45) is 0 Å². The smallest absolute Gasteiger partial charge is 0.344 e. The van der Waals surface area contributed by atoms with Gasteiger partial charge in [0.2, 0.25) is 0 Å². The standard InChI is InChI=1S/C29H37N5O3/c1-4-5-14-25-33-27-28(23-12-6-7-13-24(23)32-29(27)30)34(25)16-9-15-31-18-21-10-8-11-22(17-21)36-19-26(35)37-20(2)3/h6-8,10-13,17,20,31H,4-5,9,14-16,18-19H2,1-3H3,(H2,30,32). The molecule has 8 nitrogen and oxygen atoms in total. The van der Waals surface area contributed by atoms with Crippen molar-refractivity contribution >= 4 is 33.7 Å².